The van der Waals surface area contributed by atoms with Gasteiger partial charge in [-0.3, -0.25) is 0 Å². The maximum absolute atomic E-state index is 8.14. The molecule has 0 fully saturated rings. The van der Waals surface area contributed by atoms with Crippen molar-refractivity contribution in [3.05, 3.63) is 12.7 Å². The van der Waals surface area contributed by atoms with Crippen LogP contribution in [0, 0.1) is 0 Å². The van der Waals surface area contributed by atoms with Crippen molar-refractivity contribution in [1.29, 1.82) is 0 Å². The number of halogens is 2. The van der Waals surface area contributed by atoms with E-state index in [2.05, 4.69) is 15.2 Å². The average molecular weight is 214 g/mol. The minimum absolute atomic E-state index is 0. The molecule has 6 nitrogen and oxygen atoms in total. The van der Waals surface area contributed by atoms with E-state index in [0.29, 0.717) is 0 Å². The maximum Gasteiger partial charge on any atom is 0.160 e. The lowest BCUT2D eigenvalue weighted by Crippen LogP contribution is -2.19. The quantitative estimate of drug-likeness (QED) is 0.310. The van der Waals surface area contributed by atoms with Gasteiger partial charge in [-0.05, 0) is 0 Å². The number of hydrogen-bond donors (Lipinski definition) is 2. The van der Waals surface area contributed by atoms with Crippen LogP contribution in [0.5, 0.6) is 0 Å². The van der Waals surface area contributed by atoms with Gasteiger partial charge in [-0.1, -0.05) is 5.16 Å². The molecule has 1 aromatic heterocycles. The first-order valence-electron chi connectivity index (χ1n) is 2.61. The smallest absolute Gasteiger partial charge is 0.160 e. The van der Waals surface area contributed by atoms with E-state index in [1.54, 1.807) is 0 Å². The van der Waals surface area contributed by atoms with Crippen LogP contribution in [0.25, 0.3) is 0 Å². The third-order valence-corrected chi connectivity index (χ3v) is 0.919. The zero-order valence-corrected chi connectivity index (χ0v) is 7.62. The lowest BCUT2D eigenvalue weighted by molar-refractivity contribution is 0.316. The van der Waals surface area contributed by atoms with Gasteiger partial charge in [-0.25, -0.2) is 9.67 Å². The van der Waals surface area contributed by atoms with E-state index < -0.39 is 0 Å². The summed E-state index contributed by atoms with van der Waals surface area (Å²) in [6.07, 6.45) is 2.86. The topological polar surface area (TPSA) is 89.3 Å². The second-order valence-corrected chi connectivity index (χ2v) is 1.68. The minimum atomic E-state index is 0. The van der Waals surface area contributed by atoms with Crippen molar-refractivity contribution in [2.45, 2.75) is 6.54 Å². The molecule has 0 saturated heterocycles. The fourth-order valence-corrected chi connectivity index (χ4v) is 0.512. The molecule has 3 N–H and O–H groups in total. The van der Waals surface area contributed by atoms with Crippen molar-refractivity contribution in [3.63, 3.8) is 0 Å². The summed E-state index contributed by atoms with van der Waals surface area (Å²) in [7, 11) is 0. The molecule has 8 heteroatoms. The zero-order chi connectivity index (χ0) is 7.40. The number of nitrogens with two attached hydrogens (primary N) is 1. The Kier molecular flexibility index (Phi) is 7.56. The van der Waals surface area contributed by atoms with Crippen LogP contribution in [-0.2, 0) is 6.54 Å². The van der Waals surface area contributed by atoms with Crippen LogP contribution in [0.2, 0.25) is 0 Å². The van der Waals surface area contributed by atoms with Gasteiger partial charge in [0.25, 0.3) is 0 Å². The Bertz CT molecular complexity index is 223. The summed E-state index contributed by atoms with van der Waals surface area (Å²) in [6, 6.07) is 0. The van der Waals surface area contributed by atoms with Gasteiger partial charge < -0.3 is 10.9 Å². The molecule has 0 aliphatic carbocycles. The van der Waals surface area contributed by atoms with Gasteiger partial charge in [0.1, 0.15) is 19.2 Å². The molecule has 12 heavy (non-hydrogen) atoms. The van der Waals surface area contributed by atoms with Crippen LogP contribution < -0.4 is 5.73 Å². The van der Waals surface area contributed by atoms with Gasteiger partial charge in [0.05, 0.1) is 0 Å². The van der Waals surface area contributed by atoms with Crippen molar-refractivity contribution in [1.82, 2.24) is 14.8 Å². The van der Waals surface area contributed by atoms with Crippen LogP contribution in [0.15, 0.2) is 17.8 Å². The molecular formula is C4H9Cl2N5O. The summed E-state index contributed by atoms with van der Waals surface area (Å²) in [5.41, 5.74) is 5.18. The van der Waals surface area contributed by atoms with Crippen LogP contribution in [0.3, 0.4) is 0 Å². The van der Waals surface area contributed by atoms with Crippen molar-refractivity contribution in [2.24, 2.45) is 10.9 Å². The third kappa shape index (κ3) is 3.99. The van der Waals surface area contributed by atoms with E-state index in [-0.39, 0.29) is 37.2 Å². The van der Waals surface area contributed by atoms with Crippen LogP contribution in [0.1, 0.15) is 0 Å². The van der Waals surface area contributed by atoms with Gasteiger partial charge in [0.15, 0.2) is 5.84 Å². The summed E-state index contributed by atoms with van der Waals surface area (Å²) in [5.74, 6) is 0.102. The molecule has 1 heterocycles. The number of nitrogens with zero attached hydrogens (tertiary/aromatic N) is 4. The molecule has 1 rings (SSSR count). The molecule has 70 valence electrons. The highest BCUT2D eigenvalue weighted by Crippen LogP contribution is 1.78. The van der Waals surface area contributed by atoms with Crippen LogP contribution in [0.4, 0.5) is 0 Å². The molecule has 1 aromatic rings. The predicted octanol–water partition coefficient (Wildman–Crippen LogP) is -0.132. The summed E-state index contributed by atoms with van der Waals surface area (Å²) in [6.45, 7) is 0.260. The van der Waals surface area contributed by atoms with E-state index in [9.17, 15) is 0 Å². The largest absolute Gasteiger partial charge is 0.409 e. The zero-order valence-electron chi connectivity index (χ0n) is 5.99. The molecule has 0 radical (unpaired) electrons. The highest BCUT2D eigenvalue weighted by atomic mass is 35.5. The van der Waals surface area contributed by atoms with E-state index in [1.807, 2.05) is 0 Å². The summed E-state index contributed by atoms with van der Waals surface area (Å²) < 4.78 is 1.45. The van der Waals surface area contributed by atoms with E-state index in [1.165, 1.54) is 17.3 Å². The number of aromatic nitrogens is 3. The molecule has 0 spiro atoms. The van der Waals surface area contributed by atoms with Gasteiger partial charge in [0, 0.05) is 0 Å². The Hall–Kier alpha value is -1.01. The van der Waals surface area contributed by atoms with Crippen LogP contribution >= 0.6 is 24.8 Å². The summed E-state index contributed by atoms with van der Waals surface area (Å²) in [4.78, 5) is 3.67. The number of hydrogen-bond acceptors (Lipinski definition) is 4. The highest BCUT2D eigenvalue weighted by molar-refractivity contribution is 5.85. The number of rotatable bonds is 2. The molecule has 0 aromatic carbocycles. The Labute approximate surface area is 81.3 Å². The normalized spacial score (nSPS) is 9.83. The Morgan fingerprint density at radius 2 is 2.25 bits per heavy atom. The van der Waals surface area contributed by atoms with Gasteiger partial charge in [-0.2, -0.15) is 5.10 Å². The fraction of sp³-hybridized carbons (Fsp3) is 0.250. The molecular weight excluding hydrogens is 205 g/mol. The molecule has 0 unspecified atom stereocenters. The number of oxime groups is 1. The first kappa shape index (κ1) is 13.6. The highest BCUT2D eigenvalue weighted by Gasteiger charge is 1.93. The molecule has 0 amide bonds. The third-order valence-electron chi connectivity index (χ3n) is 0.919. The molecule has 0 bridgehead atoms. The molecule has 0 atom stereocenters. The van der Waals surface area contributed by atoms with Crippen molar-refractivity contribution >= 4 is 30.6 Å². The average Bonchev–Trinajstić information content (AvgIpc) is 2.40. The van der Waals surface area contributed by atoms with Gasteiger partial charge in [0.2, 0.25) is 0 Å². The summed E-state index contributed by atoms with van der Waals surface area (Å²) >= 11 is 0. The molecule has 0 aliphatic rings. The lowest BCUT2D eigenvalue weighted by atomic mass is 10.6. The van der Waals surface area contributed by atoms with E-state index in [4.69, 9.17) is 10.9 Å². The SMILES string of the molecule is Cl.Cl.N/C(Cn1cncn1)=N\O. The molecule has 0 saturated carbocycles. The fourth-order valence-electron chi connectivity index (χ4n) is 0.512. The Balaban J connectivity index is 0. The monoisotopic (exact) mass is 213 g/mol. The first-order valence-corrected chi connectivity index (χ1v) is 2.61. The second-order valence-electron chi connectivity index (χ2n) is 1.68. The lowest BCUT2D eigenvalue weighted by Gasteiger charge is -1.95. The first-order chi connectivity index (χ1) is 4.83. The summed E-state index contributed by atoms with van der Waals surface area (Å²) in [5, 5.41) is 14.6. The van der Waals surface area contributed by atoms with Crippen molar-refractivity contribution in [2.75, 3.05) is 0 Å². The van der Waals surface area contributed by atoms with E-state index in [0.717, 1.165) is 0 Å². The Morgan fingerprint density at radius 3 is 2.67 bits per heavy atom. The van der Waals surface area contributed by atoms with Crippen molar-refractivity contribution in [3.8, 4) is 0 Å². The Morgan fingerprint density at radius 1 is 1.58 bits per heavy atom. The van der Waals surface area contributed by atoms with E-state index >= 15 is 0 Å². The van der Waals surface area contributed by atoms with Crippen LogP contribution in [-0.4, -0.2) is 25.8 Å². The predicted molar refractivity (Wildman–Crippen MR) is 47.9 cm³/mol. The number of amidine groups is 1. The van der Waals surface area contributed by atoms with Gasteiger partial charge >= 0.3 is 0 Å². The second kappa shape index (κ2) is 6.68. The molecule has 0 aliphatic heterocycles. The minimum Gasteiger partial charge on any atom is -0.409 e. The maximum atomic E-state index is 8.14. The van der Waals surface area contributed by atoms with Crippen molar-refractivity contribution < 1.29 is 5.21 Å². The van der Waals surface area contributed by atoms with Gasteiger partial charge in [-0.15, -0.1) is 24.8 Å². The standard InChI is InChI=1S/C4H7N5O.2ClH/c5-4(8-10)1-9-3-6-2-7-9;;/h2-3,10H,1H2,(H2,5,8);2*1H.